The molecule has 2 atom stereocenters. The summed E-state index contributed by atoms with van der Waals surface area (Å²) < 4.78 is 27.8. The number of nitrogens with zero attached hydrogens (tertiary/aromatic N) is 8. The average molecular weight is 589 g/mol. The van der Waals surface area contributed by atoms with E-state index in [0.29, 0.717) is 56.3 Å². The summed E-state index contributed by atoms with van der Waals surface area (Å²) in [6.45, 7) is 3.31. The van der Waals surface area contributed by atoms with E-state index in [4.69, 9.17) is 11.6 Å². The monoisotopic (exact) mass is 588 g/mol. The minimum atomic E-state index is -0.769. The highest BCUT2D eigenvalue weighted by molar-refractivity contribution is 6.30. The van der Waals surface area contributed by atoms with Gasteiger partial charge in [-0.15, -0.1) is 10.2 Å². The Bertz CT molecular complexity index is 1630. The fourth-order valence-corrected chi connectivity index (χ4v) is 5.81. The van der Waals surface area contributed by atoms with Crippen molar-refractivity contribution in [3.63, 3.8) is 0 Å². The third-order valence-corrected chi connectivity index (χ3v) is 8.10. The van der Waals surface area contributed by atoms with Crippen LogP contribution in [0, 0.1) is 23.0 Å². The van der Waals surface area contributed by atoms with Crippen molar-refractivity contribution < 1.29 is 13.6 Å². The average Bonchev–Trinajstić information content (AvgIpc) is 3.66. The quantitative estimate of drug-likeness (QED) is 0.331. The highest BCUT2D eigenvalue weighted by Gasteiger charge is 2.41. The number of hydrogen-bond acceptors (Lipinski definition) is 7. The number of benzene rings is 3. The summed E-state index contributed by atoms with van der Waals surface area (Å²) in [5, 5.41) is 22.7. The number of nitriles is 1. The van der Waals surface area contributed by atoms with E-state index in [2.05, 4.69) is 31.3 Å². The lowest BCUT2D eigenvalue weighted by Gasteiger charge is -2.38. The molecule has 4 aromatic rings. The predicted molar refractivity (Wildman–Crippen MR) is 152 cm³/mol. The first-order valence-corrected chi connectivity index (χ1v) is 14.0. The minimum absolute atomic E-state index is 0.0181. The Morgan fingerprint density at radius 3 is 2.52 bits per heavy atom. The van der Waals surface area contributed by atoms with E-state index in [1.807, 2.05) is 47.4 Å². The number of rotatable bonds is 6. The minimum Gasteiger partial charge on any atom is -0.367 e. The molecule has 1 amide bonds. The summed E-state index contributed by atoms with van der Waals surface area (Å²) in [5.41, 5.74) is 2.56. The molecule has 2 fully saturated rings. The Morgan fingerprint density at radius 2 is 1.79 bits per heavy atom. The molecule has 0 spiro atoms. The lowest BCUT2D eigenvalue weighted by atomic mass is 10.1. The van der Waals surface area contributed by atoms with Crippen LogP contribution in [0.5, 0.6) is 0 Å². The SMILES string of the molecule is N#Cc1ccccc1N1CCN(C(=O)[C@@H]2C[C@H](n3nnc(-c4ccc(F)cc4F)n3)CN2Cc2ccc(Cl)cc2)CC1. The summed E-state index contributed by atoms with van der Waals surface area (Å²) in [7, 11) is 0. The van der Waals surface area contributed by atoms with Crippen LogP contribution in [0.3, 0.4) is 0 Å². The van der Waals surface area contributed by atoms with Gasteiger partial charge in [0, 0.05) is 50.4 Å². The number of likely N-dealkylation sites (tertiary alicyclic amines) is 1. The molecule has 0 saturated carbocycles. The molecule has 9 nitrogen and oxygen atoms in total. The maximum atomic E-state index is 14.4. The van der Waals surface area contributed by atoms with Gasteiger partial charge in [-0.05, 0) is 53.6 Å². The van der Waals surface area contributed by atoms with Gasteiger partial charge in [0.25, 0.3) is 0 Å². The Kier molecular flexibility index (Phi) is 7.82. The molecule has 6 rings (SSSR count). The van der Waals surface area contributed by atoms with E-state index >= 15 is 0 Å². The number of tetrazole rings is 1. The van der Waals surface area contributed by atoms with Crippen molar-refractivity contribution in [1.29, 1.82) is 5.26 Å². The van der Waals surface area contributed by atoms with E-state index in [-0.39, 0.29) is 23.3 Å². The second-order valence-corrected chi connectivity index (χ2v) is 10.9. The van der Waals surface area contributed by atoms with E-state index < -0.39 is 17.7 Å². The largest absolute Gasteiger partial charge is 0.367 e. The summed E-state index contributed by atoms with van der Waals surface area (Å²) in [6.07, 6.45) is 0.450. The Balaban J connectivity index is 1.20. The van der Waals surface area contributed by atoms with Gasteiger partial charge in [0.15, 0.2) is 0 Å². The highest BCUT2D eigenvalue weighted by Crippen LogP contribution is 2.31. The molecule has 42 heavy (non-hydrogen) atoms. The van der Waals surface area contributed by atoms with E-state index in [9.17, 15) is 18.8 Å². The highest BCUT2D eigenvalue weighted by atomic mass is 35.5. The van der Waals surface area contributed by atoms with Gasteiger partial charge in [-0.1, -0.05) is 35.9 Å². The molecule has 0 N–H and O–H groups in total. The number of aromatic nitrogens is 4. The fourth-order valence-electron chi connectivity index (χ4n) is 5.68. The van der Waals surface area contributed by atoms with Crippen molar-refractivity contribution in [3.8, 4) is 17.5 Å². The van der Waals surface area contributed by atoms with Gasteiger partial charge >= 0.3 is 0 Å². The first kappa shape index (κ1) is 27.8. The molecule has 2 aliphatic heterocycles. The number of amides is 1. The fraction of sp³-hybridized carbons (Fsp3) is 0.300. The number of hydrogen-bond donors (Lipinski definition) is 0. The van der Waals surface area contributed by atoms with E-state index in [1.54, 1.807) is 6.07 Å². The molecule has 12 heteroatoms. The topological polar surface area (TPSA) is 94.2 Å². The molecule has 0 bridgehead atoms. The first-order chi connectivity index (χ1) is 20.4. The van der Waals surface area contributed by atoms with E-state index in [1.165, 1.54) is 10.9 Å². The van der Waals surface area contributed by atoms with Gasteiger partial charge in [-0.3, -0.25) is 9.69 Å². The molecule has 0 unspecified atom stereocenters. The second kappa shape index (κ2) is 11.8. The number of carbonyl (C=O) groups excluding carboxylic acids is 1. The van der Waals surface area contributed by atoms with Crippen LogP contribution >= 0.6 is 11.6 Å². The molecule has 0 radical (unpaired) electrons. The van der Waals surface area contributed by atoms with Crippen molar-refractivity contribution in [2.75, 3.05) is 37.6 Å². The van der Waals surface area contributed by atoms with Gasteiger partial charge < -0.3 is 9.80 Å². The van der Waals surface area contributed by atoms with Crippen molar-refractivity contribution in [2.45, 2.75) is 25.0 Å². The zero-order valence-electron chi connectivity index (χ0n) is 22.6. The molecule has 3 aromatic carbocycles. The summed E-state index contributed by atoms with van der Waals surface area (Å²) in [5.74, 6) is -1.38. The first-order valence-electron chi connectivity index (χ1n) is 13.7. The lowest BCUT2D eigenvalue weighted by Crippen LogP contribution is -2.53. The third-order valence-electron chi connectivity index (χ3n) is 7.85. The van der Waals surface area contributed by atoms with Gasteiger partial charge in [-0.25, -0.2) is 8.78 Å². The van der Waals surface area contributed by atoms with Crippen LogP contribution in [0.15, 0.2) is 66.7 Å². The van der Waals surface area contributed by atoms with E-state index in [0.717, 1.165) is 23.4 Å². The summed E-state index contributed by atoms with van der Waals surface area (Å²) in [6, 6.07) is 19.8. The van der Waals surface area contributed by atoms with Crippen LogP contribution in [-0.2, 0) is 11.3 Å². The molecular formula is C30H27ClF2N8O. The zero-order chi connectivity index (χ0) is 29.2. The van der Waals surface area contributed by atoms with Crippen LogP contribution in [0.25, 0.3) is 11.4 Å². The number of piperazine rings is 1. The lowest BCUT2D eigenvalue weighted by molar-refractivity contribution is -0.136. The summed E-state index contributed by atoms with van der Waals surface area (Å²) >= 11 is 6.09. The van der Waals surface area contributed by atoms with Crippen LogP contribution in [0.2, 0.25) is 5.02 Å². The molecule has 1 aromatic heterocycles. The standard InChI is InChI=1S/C30H27ClF2N8O/c31-22-7-5-20(6-8-22)18-40-19-24(41-36-29(35-37-41)25-10-9-23(32)15-26(25)33)16-28(40)30(42)39-13-11-38(12-14-39)27-4-2-1-3-21(27)17-34/h1-10,15,24,28H,11-14,16,18-19H2/t24-,28-/m0/s1. The number of para-hydroxylation sites is 1. The molecular weight excluding hydrogens is 562 g/mol. The summed E-state index contributed by atoms with van der Waals surface area (Å²) in [4.78, 5) is 21.5. The predicted octanol–water partition coefficient (Wildman–Crippen LogP) is 4.31. The maximum Gasteiger partial charge on any atom is 0.240 e. The van der Waals surface area contributed by atoms with Gasteiger partial charge in [0.2, 0.25) is 11.7 Å². The third kappa shape index (κ3) is 5.68. The van der Waals surface area contributed by atoms with Crippen molar-refractivity contribution in [2.24, 2.45) is 0 Å². The van der Waals surface area contributed by atoms with Crippen LogP contribution in [-0.4, -0.2) is 74.7 Å². The van der Waals surface area contributed by atoms with Crippen LogP contribution < -0.4 is 4.90 Å². The van der Waals surface area contributed by atoms with Crippen molar-refractivity contribution in [1.82, 2.24) is 30.0 Å². The Hall–Kier alpha value is -4.40. The van der Waals surface area contributed by atoms with Gasteiger partial charge in [0.05, 0.1) is 28.9 Å². The second-order valence-electron chi connectivity index (χ2n) is 10.5. The van der Waals surface area contributed by atoms with Crippen LogP contribution in [0.1, 0.15) is 23.6 Å². The molecule has 214 valence electrons. The molecule has 0 aliphatic carbocycles. The van der Waals surface area contributed by atoms with Crippen molar-refractivity contribution in [3.05, 3.63) is 94.5 Å². The van der Waals surface area contributed by atoms with Gasteiger partial charge in [0.1, 0.15) is 17.7 Å². The maximum absolute atomic E-state index is 14.4. The smallest absolute Gasteiger partial charge is 0.240 e. The normalized spacial score (nSPS) is 19.2. The number of halogens is 3. The Labute approximate surface area is 246 Å². The zero-order valence-corrected chi connectivity index (χ0v) is 23.3. The molecule has 2 aliphatic rings. The van der Waals surface area contributed by atoms with Crippen LogP contribution in [0.4, 0.5) is 14.5 Å². The van der Waals surface area contributed by atoms with Crippen molar-refractivity contribution >= 4 is 23.2 Å². The number of carbonyl (C=O) groups is 1. The molecule has 2 saturated heterocycles. The van der Waals surface area contributed by atoms with Gasteiger partial charge in [-0.2, -0.15) is 10.1 Å². The molecule has 3 heterocycles. The Morgan fingerprint density at radius 1 is 1.02 bits per heavy atom. The number of anilines is 1.